The average molecular weight is 400 g/mol. The molecule has 1 aliphatic heterocycles. The number of rotatable bonds is 4. The second kappa shape index (κ2) is 7.19. The molecule has 1 atom stereocenters. The molecule has 1 N–H and O–H groups in total. The Morgan fingerprint density at radius 3 is 2.86 bits per heavy atom. The Morgan fingerprint density at radius 2 is 2.18 bits per heavy atom. The molecule has 122 valence electrons. The lowest BCUT2D eigenvalue weighted by Gasteiger charge is -2.18. The maximum atomic E-state index is 12.3. The summed E-state index contributed by atoms with van der Waals surface area (Å²) in [7, 11) is 0. The third kappa shape index (κ3) is 5.14. The number of nitrogens with zero attached hydrogens (tertiary/aromatic N) is 1. The Balaban J connectivity index is 1.84. The van der Waals surface area contributed by atoms with Gasteiger partial charge in [0.2, 0.25) is 0 Å². The van der Waals surface area contributed by atoms with Crippen LogP contribution in [0.1, 0.15) is 16.8 Å². The third-order valence-electron chi connectivity index (χ3n) is 3.50. The number of alkyl halides is 3. The summed E-state index contributed by atoms with van der Waals surface area (Å²) >= 11 is 9.23. The summed E-state index contributed by atoms with van der Waals surface area (Å²) in [6, 6.07) is 4.95. The Hall–Kier alpha value is -0.790. The van der Waals surface area contributed by atoms with Crippen molar-refractivity contribution in [2.75, 3.05) is 26.2 Å². The van der Waals surface area contributed by atoms with E-state index in [9.17, 15) is 18.0 Å². The van der Waals surface area contributed by atoms with Crippen molar-refractivity contribution in [3.8, 4) is 0 Å². The van der Waals surface area contributed by atoms with Crippen molar-refractivity contribution in [1.29, 1.82) is 0 Å². The molecular formula is C14H15BrClF3N2O. The molecule has 0 aliphatic carbocycles. The van der Waals surface area contributed by atoms with Crippen LogP contribution in [0.15, 0.2) is 22.7 Å². The van der Waals surface area contributed by atoms with Crippen molar-refractivity contribution in [3.63, 3.8) is 0 Å². The predicted octanol–water partition coefficient (Wildman–Crippen LogP) is 3.72. The van der Waals surface area contributed by atoms with Gasteiger partial charge in [0.15, 0.2) is 0 Å². The molecule has 0 saturated carbocycles. The standard InChI is InChI=1S/C14H15BrClF3N2O/c15-10-1-2-12(16)11(5-10)13(22)20-6-9-3-4-21(7-9)8-14(17,18)19/h1-2,5,9H,3-4,6-8H2,(H,20,22)/t9-/m0/s1. The van der Waals surface area contributed by atoms with Gasteiger partial charge in [-0.15, -0.1) is 0 Å². The molecule has 1 aromatic carbocycles. The lowest BCUT2D eigenvalue weighted by molar-refractivity contribution is -0.143. The van der Waals surface area contributed by atoms with Crippen LogP contribution >= 0.6 is 27.5 Å². The van der Waals surface area contributed by atoms with Gasteiger partial charge < -0.3 is 5.32 Å². The van der Waals surface area contributed by atoms with Crippen molar-refractivity contribution in [2.45, 2.75) is 12.6 Å². The summed E-state index contributed by atoms with van der Waals surface area (Å²) in [5, 5.41) is 3.08. The van der Waals surface area contributed by atoms with Crippen LogP contribution < -0.4 is 5.32 Å². The van der Waals surface area contributed by atoms with E-state index < -0.39 is 12.7 Å². The number of carbonyl (C=O) groups is 1. The average Bonchev–Trinajstić information content (AvgIpc) is 2.84. The topological polar surface area (TPSA) is 32.3 Å². The number of benzene rings is 1. The number of carbonyl (C=O) groups excluding carboxylic acids is 1. The first-order valence-corrected chi connectivity index (χ1v) is 7.94. The minimum atomic E-state index is -4.18. The van der Waals surface area contributed by atoms with Crippen LogP contribution in [0.2, 0.25) is 5.02 Å². The SMILES string of the molecule is O=C(NC[C@@H]1CCN(CC(F)(F)F)C1)c1cc(Br)ccc1Cl. The van der Waals surface area contributed by atoms with Crippen molar-refractivity contribution in [1.82, 2.24) is 10.2 Å². The van der Waals surface area contributed by atoms with Crippen molar-refractivity contribution >= 4 is 33.4 Å². The van der Waals surface area contributed by atoms with Gasteiger partial charge in [-0.25, -0.2) is 0 Å². The fraction of sp³-hybridized carbons (Fsp3) is 0.500. The van der Waals surface area contributed by atoms with Gasteiger partial charge in [0, 0.05) is 17.6 Å². The van der Waals surface area contributed by atoms with E-state index in [0.29, 0.717) is 36.6 Å². The molecular weight excluding hydrogens is 385 g/mol. The highest BCUT2D eigenvalue weighted by molar-refractivity contribution is 9.10. The highest BCUT2D eigenvalue weighted by atomic mass is 79.9. The molecule has 0 radical (unpaired) electrons. The largest absolute Gasteiger partial charge is 0.401 e. The van der Waals surface area contributed by atoms with Gasteiger partial charge in [-0.1, -0.05) is 27.5 Å². The maximum absolute atomic E-state index is 12.3. The van der Waals surface area contributed by atoms with Gasteiger partial charge in [0.1, 0.15) is 0 Å². The summed E-state index contributed by atoms with van der Waals surface area (Å²) in [5.74, 6) is -0.294. The van der Waals surface area contributed by atoms with E-state index in [2.05, 4.69) is 21.2 Å². The summed E-state index contributed by atoms with van der Waals surface area (Å²) in [6.45, 7) is 0.189. The smallest absolute Gasteiger partial charge is 0.352 e. The van der Waals surface area contributed by atoms with Crippen LogP contribution in [-0.4, -0.2) is 43.2 Å². The Morgan fingerprint density at radius 1 is 1.45 bits per heavy atom. The zero-order valence-electron chi connectivity index (χ0n) is 11.6. The number of hydrogen-bond donors (Lipinski definition) is 1. The van der Waals surface area contributed by atoms with Gasteiger partial charge in [0.25, 0.3) is 5.91 Å². The first kappa shape index (κ1) is 17.6. The Labute approximate surface area is 139 Å². The number of likely N-dealkylation sites (tertiary alicyclic amines) is 1. The minimum Gasteiger partial charge on any atom is -0.352 e. The van der Waals surface area contributed by atoms with Gasteiger partial charge in [-0.05, 0) is 37.1 Å². The van der Waals surface area contributed by atoms with Crippen LogP contribution in [0, 0.1) is 5.92 Å². The second-order valence-corrected chi connectivity index (χ2v) is 6.66. The summed E-state index contributed by atoms with van der Waals surface area (Å²) in [6.07, 6.45) is -3.54. The Bertz CT molecular complexity index is 553. The van der Waals surface area contributed by atoms with Crippen molar-refractivity contribution in [3.05, 3.63) is 33.3 Å². The second-order valence-electron chi connectivity index (χ2n) is 5.34. The molecule has 1 amide bonds. The molecule has 1 aliphatic rings. The number of nitrogens with one attached hydrogen (secondary N) is 1. The number of halogens is 5. The first-order chi connectivity index (χ1) is 10.2. The van der Waals surface area contributed by atoms with Crippen LogP contribution in [0.4, 0.5) is 13.2 Å². The van der Waals surface area contributed by atoms with Gasteiger partial charge in [-0.3, -0.25) is 9.69 Å². The lowest BCUT2D eigenvalue weighted by atomic mass is 10.1. The summed E-state index contributed by atoms with van der Waals surface area (Å²) in [5.41, 5.74) is 0.348. The molecule has 1 saturated heterocycles. The fourth-order valence-corrected chi connectivity index (χ4v) is 3.04. The molecule has 1 heterocycles. The monoisotopic (exact) mass is 398 g/mol. The molecule has 2 rings (SSSR count). The highest BCUT2D eigenvalue weighted by Crippen LogP contribution is 2.23. The first-order valence-electron chi connectivity index (χ1n) is 6.77. The van der Waals surface area contributed by atoms with Crippen LogP contribution in [-0.2, 0) is 0 Å². The lowest BCUT2D eigenvalue weighted by Crippen LogP contribution is -2.34. The molecule has 0 aromatic heterocycles. The van der Waals surface area contributed by atoms with E-state index in [1.54, 1.807) is 18.2 Å². The fourth-order valence-electron chi connectivity index (χ4n) is 2.48. The minimum absolute atomic E-state index is 0.0252. The van der Waals surface area contributed by atoms with E-state index in [1.807, 2.05) is 0 Å². The van der Waals surface area contributed by atoms with E-state index in [4.69, 9.17) is 11.6 Å². The summed E-state index contributed by atoms with van der Waals surface area (Å²) < 4.78 is 37.7. The van der Waals surface area contributed by atoms with Crippen LogP contribution in [0.25, 0.3) is 0 Å². The van der Waals surface area contributed by atoms with Crippen LogP contribution in [0.3, 0.4) is 0 Å². The molecule has 0 unspecified atom stereocenters. The van der Waals surface area contributed by atoms with Crippen molar-refractivity contribution in [2.24, 2.45) is 5.92 Å². The molecule has 1 aromatic rings. The van der Waals surface area contributed by atoms with E-state index in [-0.39, 0.29) is 11.8 Å². The van der Waals surface area contributed by atoms with E-state index in [1.165, 1.54) is 4.90 Å². The highest BCUT2D eigenvalue weighted by Gasteiger charge is 2.34. The molecule has 8 heteroatoms. The van der Waals surface area contributed by atoms with Crippen molar-refractivity contribution < 1.29 is 18.0 Å². The molecule has 1 fully saturated rings. The number of hydrogen-bond acceptors (Lipinski definition) is 2. The normalized spacial score (nSPS) is 19.4. The zero-order chi connectivity index (χ0) is 16.3. The molecule has 3 nitrogen and oxygen atoms in total. The predicted molar refractivity (Wildman–Crippen MR) is 82.1 cm³/mol. The molecule has 0 bridgehead atoms. The van der Waals surface area contributed by atoms with E-state index in [0.717, 1.165) is 4.47 Å². The number of amides is 1. The zero-order valence-corrected chi connectivity index (χ0v) is 13.9. The van der Waals surface area contributed by atoms with Crippen LogP contribution in [0.5, 0.6) is 0 Å². The molecule has 0 spiro atoms. The van der Waals surface area contributed by atoms with Gasteiger partial charge in [0.05, 0.1) is 17.1 Å². The van der Waals surface area contributed by atoms with Gasteiger partial charge >= 0.3 is 6.18 Å². The quantitative estimate of drug-likeness (QED) is 0.837. The Kier molecular flexibility index (Phi) is 5.74. The molecule has 22 heavy (non-hydrogen) atoms. The van der Waals surface area contributed by atoms with E-state index >= 15 is 0 Å². The van der Waals surface area contributed by atoms with Gasteiger partial charge in [-0.2, -0.15) is 13.2 Å². The third-order valence-corrected chi connectivity index (χ3v) is 4.32. The maximum Gasteiger partial charge on any atom is 0.401 e. The summed E-state index contributed by atoms with van der Waals surface area (Å²) in [4.78, 5) is 13.4.